The van der Waals surface area contributed by atoms with Gasteiger partial charge in [0.15, 0.2) is 0 Å². The molecule has 5 heteroatoms. The maximum atomic E-state index is 12.0. The number of carbonyl (C=O) groups excluding carboxylic acids is 1. The van der Waals surface area contributed by atoms with Crippen LogP contribution in [0, 0.1) is 5.92 Å². The summed E-state index contributed by atoms with van der Waals surface area (Å²) >= 11 is 0. The molecule has 124 valence electrons. The Kier molecular flexibility index (Phi) is 9.29. The second-order valence-electron chi connectivity index (χ2n) is 6.54. The molecule has 21 heavy (non-hydrogen) atoms. The van der Waals surface area contributed by atoms with Crippen molar-refractivity contribution in [2.75, 3.05) is 26.2 Å². The van der Waals surface area contributed by atoms with Crippen LogP contribution in [0.2, 0.25) is 0 Å². The van der Waals surface area contributed by atoms with Gasteiger partial charge in [-0.2, -0.15) is 0 Å². The Hall–Kier alpha value is -0.320. The number of hydrogen-bond acceptors (Lipinski definition) is 3. The molecular weight excluding hydrogens is 286 g/mol. The molecule has 1 aliphatic heterocycles. The first-order valence-electron chi connectivity index (χ1n) is 8.51. The molecule has 0 aromatic rings. The summed E-state index contributed by atoms with van der Waals surface area (Å²) in [5, 5.41) is 3.01. The fourth-order valence-electron chi connectivity index (χ4n) is 3.54. The predicted molar refractivity (Wildman–Crippen MR) is 89.7 cm³/mol. The van der Waals surface area contributed by atoms with Gasteiger partial charge in [-0.3, -0.25) is 4.79 Å². The average molecular weight is 318 g/mol. The van der Waals surface area contributed by atoms with E-state index >= 15 is 0 Å². The van der Waals surface area contributed by atoms with Crippen molar-refractivity contribution in [1.82, 2.24) is 10.2 Å². The molecule has 2 aliphatic rings. The molecule has 0 radical (unpaired) electrons. The van der Waals surface area contributed by atoms with Gasteiger partial charge >= 0.3 is 0 Å². The van der Waals surface area contributed by atoms with Crippen LogP contribution in [0.4, 0.5) is 0 Å². The molecule has 0 spiro atoms. The van der Waals surface area contributed by atoms with Crippen molar-refractivity contribution in [3.05, 3.63) is 0 Å². The van der Waals surface area contributed by atoms with Crippen molar-refractivity contribution in [1.29, 1.82) is 0 Å². The number of hydrogen-bond donors (Lipinski definition) is 2. The lowest BCUT2D eigenvalue weighted by Crippen LogP contribution is -2.45. The zero-order valence-electron chi connectivity index (χ0n) is 13.2. The first-order chi connectivity index (χ1) is 9.75. The summed E-state index contributed by atoms with van der Waals surface area (Å²) in [5.74, 6) is 0.721. The first kappa shape index (κ1) is 18.7. The topological polar surface area (TPSA) is 58.4 Å². The number of carbonyl (C=O) groups is 1. The van der Waals surface area contributed by atoms with Crippen molar-refractivity contribution >= 4 is 18.3 Å². The predicted octanol–water partition coefficient (Wildman–Crippen LogP) is 2.31. The normalized spacial score (nSPS) is 22.3. The fraction of sp³-hybridized carbons (Fsp3) is 0.938. The molecule has 0 aromatic carbocycles. The van der Waals surface area contributed by atoms with Crippen LogP contribution >= 0.6 is 12.4 Å². The Bertz CT molecular complexity index is 289. The van der Waals surface area contributed by atoms with Gasteiger partial charge in [-0.1, -0.05) is 38.5 Å². The van der Waals surface area contributed by atoms with Crippen LogP contribution < -0.4 is 11.1 Å². The molecule has 0 aromatic heterocycles. The van der Waals surface area contributed by atoms with Crippen LogP contribution in [0.15, 0.2) is 0 Å². The van der Waals surface area contributed by atoms with Gasteiger partial charge < -0.3 is 16.0 Å². The molecule has 1 saturated carbocycles. The van der Waals surface area contributed by atoms with Crippen LogP contribution in [0.1, 0.15) is 57.8 Å². The van der Waals surface area contributed by atoms with Gasteiger partial charge in [-0.05, 0) is 38.3 Å². The summed E-state index contributed by atoms with van der Waals surface area (Å²) in [5.41, 5.74) is 6.04. The molecule has 1 aliphatic carbocycles. The standard InChI is InChI=1S/C16H31N3O.ClH/c17-15(13-14-7-3-1-4-8-14)16(20)18-9-12-19-10-5-2-6-11-19;/h14-15H,1-13,17H2,(H,18,20);1H. The third kappa shape index (κ3) is 6.98. The zero-order chi connectivity index (χ0) is 14.2. The summed E-state index contributed by atoms with van der Waals surface area (Å²) < 4.78 is 0. The molecule has 3 N–H and O–H groups in total. The van der Waals surface area contributed by atoms with E-state index in [9.17, 15) is 4.79 Å². The van der Waals surface area contributed by atoms with E-state index in [0.717, 1.165) is 19.5 Å². The molecule has 1 saturated heterocycles. The van der Waals surface area contributed by atoms with Crippen LogP contribution in [0.25, 0.3) is 0 Å². The van der Waals surface area contributed by atoms with E-state index in [2.05, 4.69) is 10.2 Å². The minimum Gasteiger partial charge on any atom is -0.353 e. The van der Waals surface area contributed by atoms with E-state index in [0.29, 0.717) is 5.92 Å². The first-order valence-corrected chi connectivity index (χ1v) is 8.51. The zero-order valence-corrected chi connectivity index (χ0v) is 14.0. The third-order valence-electron chi connectivity index (χ3n) is 4.82. The number of likely N-dealkylation sites (tertiary alicyclic amines) is 1. The van der Waals surface area contributed by atoms with Crippen LogP contribution in [0.5, 0.6) is 0 Å². The van der Waals surface area contributed by atoms with E-state index < -0.39 is 0 Å². The van der Waals surface area contributed by atoms with Gasteiger partial charge in [0.05, 0.1) is 6.04 Å². The molecule has 1 atom stereocenters. The molecule has 2 rings (SSSR count). The van der Waals surface area contributed by atoms with Crippen molar-refractivity contribution in [2.24, 2.45) is 11.7 Å². The van der Waals surface area contributed by atoms with E-state index in [1.165, 1.54) is 64.5 Å². The number of nitrogens with zero attached hydrogens (tertiary/aromatic N) is 1. The summed E-state index contributed by atoms with van der Waals surface area (Å²) in [4.78, 5) is 14.4. The van der Waals surface area contributed by atoms with E-state index in [1.807, 2.05) is 0 Å². The molecule has 1 amide bonds. The molecule has 4 nitrogen and oxygen atoms in total. The molecule has 1 unspecified atom stereocenters. The van der Waals surface area contributed by atoms with Crippen LogP contribution in [-0.2, 0) is 4.79 Å². The molecule has 2 fully saturated rings. The van der Waals surface area contributed by atoms with Crippen molar-refractivity contribution in [2.45, 2.75) is 63.8 Å². The highest BCUT2D eigenvalue weighted by Crippen LogP contribution is 2.26. The summed E-state index contributed by atoms with van der Waals surface area (Å²) in [6, 6.07) is -0.306. The van der Waals surface area contributed by atoms with Crippen molar-refractivity contribution in [3.8, 4) is 0 Å². The quantitative estimate of drug-likeness (QED) is 0.790. The molecular formula is C16H32ClN3O. The van der Waals surface area contributed by atoms with Gasteiger partial charge in [0.25, 0.3) is 0 Å². The molecule has 1 heterocycles. The Morgan fingerprint density at radius 1 is 1.10 bits per heavy atom. The minimum atomic E-state index is -0.306. The number of halogens is 1. The second kappa shape index (κ2) is 10.4. The summed E-state index contributed by atoms with van der Waals surface area (Å²) in [6.07, 6.45) is 11.3. The van der Waals surface area contributed by atoms with Gasteiger partial charge in [-0.15, -0.1) is 12.4 Å². The monoisotopic (exact) mass is 317 g/mol. The maximum Gasteiger partial charge on any atom is 0.236 e. The highest BCUT2D eigenvalue weighted by Gasteiger charge is 2.21. The number of piperidine rings is 1. The number of nitrogens with two attached hydrogens (primary N) is 1. The van der Waals surface area contributed by atoms with Gasteiger partial charge in [0.1, 0.15) is 0 Å². The minimum absolute atomic E-state index is 0. The van der Waals surface area contributed by atoms with Crippen molar-refractivity contribution in [3.63, 3.8) is 0 Å². The fourth-order valence-corrected chi connectivity index (χ4v) is 3.54. The van der Waals surface area contributed by atoms with Gasteiger partial charge in [0.2, 0.25) is 5.91 Å². The Morgan fingerprint density at radius 2 is 1.71 bits per heavy atom. The lowest BCUT2D eigenvalue weighted by Gasteiger charge is -2.27. The lowest BCUT2D eigenvalue weighted by molar-refractivity contribution is -0.122. The maximum absolute atomic E-state index is 12.0. The SMILES string of the molecule is Cl.NC(CC1CCCCC1)C(=O)NCCN1CCCCC1. The summed E-state index contributed by atoms with van der Waals surface area (Å²) in [7, 11) is 0. The van der Waals surface area contributed by atoms with E-state index in [-0.39, 0.29) is 24.4 Å². The number of rotatable bonds is 6. The van der Waals surface area contributed by atoms with E-state index in [1.54, 1.807) is 0 Å². The highest BCUT2D eigenvalue weighted by molar-refractivity contribution is 5.85. The van der Waals surface area contributed by atoms with Crippen molar-refractivity contribution < 1.29 is 4.79 Å². The van der Waals surface area contributed by atoms with Crippen LogP contribution in [-0.4, -0.2) is 43.0 Å². The Balaban J connectivity index is 0.00000220. The lowest BCUT2D eigenvalue weighted by atomic mass is 9.85. The average Bonchev–Trinajstić information content (AvgIpc) is 2.49. The van der Waals surface area contributed by atoms with E-state index in [4.69, 9.17) is 5.73 Å². The van der Waals surface area contributed by atoms with Gasteiger partial charge in [-0.25, -0.2) is 0 Å². The summed E-state index contributed by atoms with van der Waals surface area (Å²) in [6.45, 7) is 4.09. The number of amides is 1. The highest BCUT2D eigenvalue weighted by atomic mass is 35.5. The largest absolute Gasteiger partial charge is 0.353 e. The smallest absolute Gasteiger partial charge is 0.236 e. The molecule has 0 bridgehead atoms. The van der Waals surface area contributed by atoms with Gasteiger partial charge in [0, 0.05) is 13.1 Å². The van der Waals surface area contributed by atoms with Crippen LogP contribution in [0.3, 0.4) is 0 Å². The number of nitrogens with one attached hydrogen (secondary N) is 1. The second-order valence-corrected chi connectivity index (χ2v) is 6.54. The Morgan fingerprint density at radius 3 is 2.38 bits per heavy atom. The third-order valence-corrected chi connectivity index (χ3v) is 4.82. The Labute approximate surface area is 135 Å².